The van der Waals surface area contributed by atoms with Crippen molar-refractivity contribution in [1.82, 2.24) is 15.3 Å². The third kappa shape index (κ3) is 5.07. The van der Waals surface area contributed by atoms with Crippen LogP contribution in [-0.2, 0) is 0 Å². The minimum Gasteiger partial charge on any atom is -0.454 e. The fourth-order valence-electron chi connectivity index (χ4n) is 2.79. The third-order valence-electron chi connectivity index (χ3n) is 4.29. The summed E-state index contributed by atoms with van der Waals surface area (Å²) < 4.78 is 60.6. The average molecular weight is 506 g/mol. The molecule has 4 rings (SSSR count). The van der Waals surface area contributed by atoms with Crippen molar-refractivity contribution in [3.8, 4) is 22.1 Å². The van der Waals surface area contributed by atoms with Gasteiger partial charge in [0, 0.05) is 35.1 Å². The Morgan fingerprint density at radius 1 is 1.18 bits per heavy atom. The summed E-state index contributed by atoms with van der Waals surface area (Å²) in [6.45, 7) is -2.70. The molecule has 1 aromatic carbocycles. The minimum atomic E-state index is -2.70. The number of halogens is 2. The second-order valence-corrected chi connectivity index (χ2v) is 8.29. The maximum atomic E-state index is 14.8. The number of anilines is 1. The monoisotopic (exact) mass is 505 g/mol. The zero-order valence-corrected chi connectivity index (χ0v) is 18.9. The van der Waals surface area contributed by atoms with E-state index in [0.717, 1.165) is 35.2 Å². The molecule has 0 aliphatic rings. The predicted octanol–water partition coefficient (Wildman–Crippen LogP) is 5.20. The smallest absolute Gasteiger partial charge is 0.278 e. The Balaban J connectivity index is 1.50. The van der Waals surface area contributed by atoms with Crippen LogP contribution >= 0.6 is 23.1 Å². The van der Waals surface area contributed by atoms with E-state index in [9.17, 15) is 18.4 Å². The van der Waals surface area contributed by atoms with Gasteiger partial charge in [0.2, 0.25) is 0 Å². The summed E-state index contributed by atoms with van der Waals surface area (Å²) >= 11 is 1.95. The van der Waals surface area contributed by atoms with E-state index in [4.69, 9.17) is 13.3 Å². The van der Waals surface area contributed by atoms with Crippen molar-refractivity contribution < 1.29 is 31.6 Å². The highest BCUT2D eigenvalue weighted by Crippen LogP contribution is 2.34. The fraction of sp³-hybridized carbons (Fsp3) is 0.0909. The van der Waals surface area contributed by atoms with Gasteiger partial charge in [0.15, 0.2) is 28.2 Å². The van der Waals surface area contributed by atoms with E-state index < -0.39 is 29.7 Å². The Bertz CT molecular complexity index is 1480. The number of thioether (sulfide) groups is 1. The Morgan fingerprint density at radius 2 is 2.03 bits per heavy atom. The van der Waals surface area contributed by atoms with Gasteiger partial charge in [0.1, 0.15) is 11.4 Å². The number of rotatable bonds is 7. The lowest BCUT2D eigenvalue weighted by Gasteiger charge is -2.10. The number of carbonyl (C=O) groups is 2. The molecule has 12 heteroatoms. The molecule has 3 aromatic heterocycles. The molecule has 4 aromatic rings. The van der Waals surface area contributed by atoms with E-state index in [2.05, 4.69) is 15.3 Å². The van der Waals surface area contributed by atoms with Gasteiger partial charge in [-0.3, -0.25) is 14.6 Å². The van der Waals surface area contributed by atoms with E-state index in [0.29, 0.717) is 4.88 Å². The average Bonchev–Trinajstić information content (AvgIpc) is 3.46. The first-order chi connectivity index (χ1) is 17.5. The lowest BCUT2D eigenvalue weighted by atomic mass is 10.2. The molecule has 3 heterocycles. The van der Waals surface area contributed by atoms with Crippen molar-refractivity contribution in [1.29, 1.82) is 0 Å². The summed E-state index contributed by atoms with van der Waals surface area (Å²) in [5, 5.41) is 4.06. The molecule has 34 heavy (non-hydrogen) atoms. The molecule has 2 amide bonds. The SMILES string of the molecule is [2H]C([2H])([2H])NC(=O)c1cc(Oc2ccc(NC(=O)c3nc(SC)oc3-c3ccc(F)s3)cc2F)ccn1. The number of oxazole rings is 1. The van der Waals surface area contributed by atoms with Crippen molar-refractivity contribution >= 4 is 40.6 Å². The number of ether oxygens (including phenoxy) is 1. The molecule has 174 valence electrons. The molecule has 0 fully saturated rings. The normalized spacial score (nSPS) is 12.4. The van der Waals surface area contributed by atoms with Crippen LogP contribution in [0.5, 0.6) is 11.5 Å². The van der Waals surface area contributed by atoms with Crippen LogP contribution in [0.1, 0.15) is 25.1 Å². The van der Waals surface area contributed by atoms with Gasteiger partial charge in [0.05, 0.1) is 4.88 Å². The van der Waals surface area contributed by atoms with E-state index in [-0.39, 0.29) is 39.6 Å². The second-order valence-electron chi connectivity index (χ2n) is 6.50. The number of amides is 2. The van der Waals surface area contributed by atoms with E-state index in [1.54, 1.807) is 11.6 Å². The highest BCUT2D eigenvalue weighted by atomic mass is 32.2. The zero-order chi connectivity index (χ0) is 26.7. The van der Waals surface area contributed by atoms with Gasteiger partial charge in [-0.2, -0.15) is 9.37 Å². The van der Waals surface area contributed by atoms with Crippen LogP contribution in [0.25, 0.3) is 10.6 Å². The van der Waals surface area contributed by atoms with Crippen LogP contribution in [0.4, 0.5) is 14.5 Å². The predicted molar refractivity (Wildman–Crippen MR) is 124 cm³/mol. The summed E-state index contributed by atoms with van der Waals surface area (Å²) in [6.07, 6.45) is 2.90. The first-order valence-electron chi connectivity index (χ1n) is 10.9. The van der Waals surface area contributed by atoms with Gasteiger partial charge in [-0.25, -0.2) is 4.39 Å². The highest BCUT2D eigenvalue weighted by molar-refractivity contribution is 7.98. The van der Waals surface area contributed by atoms with Gasteiger partial charge in [-0.15, -0.1) is 11.3 Å². The van der Waals surface area contributed by atoms with Gasteiger partial charge in [-0.1, -0.05) is 11.8 Å². The molecule has 8 nitrogen and oxygen atoms in total. The molecular formula is C22H16F2N4O4S2. The maximum Gasteiger partial charge on any atom is 0.278 e. The highest BCUT2D eigenvalue weighted by Gasteiger charge is 2.23. The molecule has 0 saturated carbocycles. The summed E-state index contributed by atoms with van der Waals surface area (Å²) in [6, 6.07) is 8.84. The van der Waals surface area contributed by atoms with Gasteiger partial charge < -0.3 is 19.8 Å². The molecule has 0 aliphatic heterocycles. The Morgan fingerprint density at radius 3 is 2.74 bits per heavy atom. The number of pyridine rings is 1. The Hall–Kier alpha value is -3.77. The molecule has 0 spiro atoms. The molecular weight excluding hydrogens is 486 g/mol. The van der Waals surface area contributed by atoms with E-state index >= 15 is 0 Å². The quantitative estimate of drug-likeness (QED) is 0.333. The standard InChI is InChI=1S/C22H16F2N4O4S2/c1-25-20(29)14-10-12(7-8-26-14)31-15-4-3-11(9-13(15)23)27-21(30)18-19(32-22(28-18)33-2)16-5-6-17(24)34-16/h3-10H,1-2H3,(H,25,29)(H,27,30)/i1D3. The van der Waals surface area contributed by atoms with Crippen molar-refractivity contribution in [2.24, 2.45) is 0 Å². The van der Waals surface area contributed by atoms with Crippen molar-refractivity contribution in [3.63, 3.8) is 0 Å². The van der Waals surface area contributed by atoms with Crippen LogP contribution < -0.4 is 15.4 Å². The molecule has 0 aliphatic carbocycles. The summed E-state index contributed by atoms with van der Waals surface area (Å²) in [5.41, 5.74) is -0.248. The number of nitrogens with one attached hydrogen (secondary N) is 2. The van der Waals surface area contributed by atoms with Gasteiger partial charge >= 0.3 is 0 Å². The summed E-state index contributed by atoms with van der Waals surface area (Å²) in [4.78, 5) is 33.1. The van der Waals surface area contributed by atoms with Crippen LogP contribution in [0.3, 0.4) is 0 Å². The number of carbonyl (C=O) groups excluding carboxylic acids is 2. The zero-order valence-electron chi connectivity index (χ0n) is 20.2. The Labute approximate surface area is 204 Å². The van der Waals surface area contributed by atoms with Crippen molar-refractivity contribution in [2.45, 2.75) is 5.22 Å². The van der Waals surface area contributed by atoms with Crippen LogP contribution in [0.2, 0.25) is 0 Å². The van der Waals surface area contributed by atoms with E-state index in [1.807, 2.05) is 0 Å². The summed E-state index contributed by atoms with van der Waals surface area (Å²) in [5.74, 6) is -2.60. The fourth-order valence-corrected chi connectivity index (χ4v) is 3.85. The number of thiophene rings is 1. The minimum absolute atomic E-state index is 0.0291. The van der Waals surface area contributed by atoms with Crippen LogP contribution in [0.15, 0.2) is 58.3 Å². The summed E-state index contributed by atoms with van der Waals surface area (Å²) in [7, 11) is 0. The van der Waals surface area contributed by atoms with Gasteiger partial charge in [0.25, 0.3) is 17.0 Å². The van der Waals surface area contributed by atoms with Crippen molar-refractivity contribution in [2.75, 3.05) is 18.5 Å². The molecule has 0 bridgehead atoms. The number of nitrogens with zero attached hydrogens (tertiary/aromatic N) is 2. The molecule has 0 radical (unpaired) electrons. The first-order valence-corrected chi connectivity index (χ1v) is 11.4. The van der Waals surface area contributed by atoms with Gasteiger partial charge in [-0.05, 0) is 36.6 Å². The third-order valence-corrected chi connectivity index (χ3v) is 5.69. The van der Waals surface area contributed by atoms with E-state index in [1.165, 1.54) is 36.5 Å². The largest absolute Gasteiger partial charge is 0.454 e. The molecule has 0 unspecified atom stereocenters. The first kappa shape index (κ1) is 19.7. The molecule has 0 atom stereocenters. The Kier molecular flexibility index (Phi) is 5.80. The molecule has 2 N–H and O–H groups in total. The van der Waals surface area contributed by atoms with Crippen LogP contribution in [0, 0.1) is 10.9 Å². The number of hydrogen-bond acceptors (Lipinski definition) is 8. The molecule has 0 saturated heterocycles. The maximum absolute atomic E-state index is 14.8. The number of hydrogen-bond donors (Lipinski definition) is 2. The number of aromatic nitrogens is 2. The van der Waals surface area contributed by atoms with Crippen LogP contribution in [-0.4, -0.2) is 35.0 Å². The second kappa shape index (κ2) is 10.0. The lowest BCUT2D eigenvalue weighted by molar-refractivity contribution is 0.0957. The lowest BCUT2D eigenvalue weighted by Crippen LogP contribution is -2.18. The van der Waals surface area contributed by atoms with Crippen molar-refractivity contribution in [3.05, 3.63) is 71.0 Å². The topological polar surface area (TPSA) is 106 Å². The number of benzene rings is 1.